The molecule has 0 aliphatic heterocycles. The average Bonchev–Trinajstić information content (AvgIpc) is 3.42. The van der Waals surface area contributed by atoms with Crippen molar-refractivity contribution in [3.05, 3.63) is 163 Å². The fraction of sp³-hybridized carbons (Fsp3) is 0. The van der Waals surface area contributed by atoms with Gasteiger partial charge in [0.15, 0.2) is 0 Å². The zero-order valence-corrected chi connectivity index (χ0v) is 23.3. The highest BCUT2D eigenvalue weighted by Gasteiger charge is 2.18. The minimum Gasteiger partial charge on any atom is -0.309 e. The molecule has 0 radical (unpaired) electrons. The van der Waals surface area contributed by atoms with E-state index >= 15 is 0 Å². The van der Waals surface area contributed by atoms with Crippen LogP contribution in [0.1, 0.15) is 0 Å². The summed E-state index contributed by atoms with van der Waals surface area (Å²) in [6, 6.07) is 49.6. The van der Waals surface area contributed by atoms with Gasteiger partial charge in [-0.25, -0.2) is 4.85 Å². The van der Waals surface area contributed by atoms with Gasteiger partial charge in [-0.05, 0) is 80.6 Å². The van der Waals surface area contributed by atoms with Gasteiger partial charge in [-0.2, -0.15) is 0 Å². The molecule has 0 fully saturated rings. The number of benzene rings is 6. The maximum atomic E-state index is 7.39. The van der Waals surface area contributed by atoms with E-state index in [9.17, 15) is 0 Å². The second kappa shape index (κ2) is 10.1. The molecule has 43 heavy (non-hydrogen) atoms. The molecule has 8 rings (SSSR count). The summed E-state index contributed by atoms with van der Waals surface area (Å²) in [7, 11) is 0. The van der Waals surface area contributed by atoms with Gasteiger partial charge in [0.2, 0.25) is 5.69 Å². The summed E-state index contributed by atoms with van der Waals surface area (Å²) < 4.78 is 2.40. The molecular weight excluding hydrogens is 522 g/mol. The second-order valence-electron chi connectivity index (χ2n) is 10.8. The molecule has 0 spiro atoms. The molecule has 8 aromatic rings. The molecule has 3 heteroatoms. The van der Waals surface area contributed by atoms with Gasteiger partial charge in [-0.1, -0.05) is 103 Å². The molecule has 3 nitrogen and oxygen atoms in total. The summed E-state index contributed by atoms with van der Waals surface area (Å²) in [5, 5.41) is 4.99. The molecular formula is C40H25N3. The SMILES string of the molecule is [C-]#[N+]c1cncc(-c2cccc(-c3ccc4c5c6ccccc6c(-c6ccccc6)cc5n(-c5ccccc5)c4c3)c2)c1. The van der Waals surface area contributed by atoms with Crippen molar-refractivity contribution >= 4 is 38.3 Å². The molecule has 0 saturated carbocycles. The van der Waals surface area contributed by atoms with Crippen LogP contribution in [0.4, 0.5) is 5.69 Å². The van der Waals surface area contributed by atoms with E-state index in [1.165, 1.54) is 38.2 Å². The van der Waals surface area contributed by atoms with Crippen LogP contribution in [-0.2, 0) is 0 Å². The first-order valence-corrected chi connectivity index (χ1v) is 14.3. The minimum atomic E-state index is 0.541. The van der Waals surface area contributed by atoms with Crippen LogP contribution < -0.4 is 0 Å². The summed E-state index contributed by atoms with van der Waals surface area (Å²) in [6.45, 7) is 7.39. The third kappa shape index (κ3) is 4.17. The van der Waals surface area contributed by atoms with Crippen LogP contribution in [-0.4, -0.2) is 9.55 Å². The second-order valence-corrected chi connectivity index (χ2v) is 10.8. The highest BCUT2D eigenvalue weighted by atomic mass is 15.0. The van der Waals surface area contributed by atoms with Crippen molar-refractivity contribution in [1.82, 2.24) is 9.55 Å². The van der Waals surface area contributed by atoms with Gasteiger partial charge < -0.3 is 4.57 Å². The predicted molar refractivity (Wildman–Crippen MR) is 179 cm³/mol. The van der Waals surface area contributed by atoms with E-state index in [1.54, 1.807) is 6.20 Å². The smallest absolute Gasteiger partial charge is 0.205 e. The lowest BCUT2D eigenvalue weighted by molar-refractivity contribution is 1.18. The van der Waals surface area contributed by atoms with Gasteiger partial charge in [0, 0.05) is 28.9 Å². The Kier molecular flexibility index (Phi) is 5.84. The van der Waals surface area contributed by atoms with E-state index in [1.807, 2.05) is 12.3 Å². The zero-order chi connectivity index (χ0) is 28.8. The molecule has 2 aromatic heterocycles. The highest BCUT2D eigenvalue weighted by Crippen LogP contribution is 2.42. The first-order valence-electron chi connectivity index (χ1n) is 14.3. The quantitative estimate of drug-likeness (QED) is 0.201. The Balaban J connectivity index is 1.42. The molecule has 0 saturated heterocycles. The van der Waals surface area contributed by atoms with Crippen molar-refractivity contribution in [3.8, 4) is 39.1 Å². The Bertz CT molecular complexity index is 2340. The highest BCUT2D eigenvalue weighted by molar-refractivity contribution is 6.24. The number of nitrogens with zero attached hydrogens (tertiary/aromatic N) is 3. The molecule has 0 amide bonds. The van der Waals surface area contributed by atoms with Crippen molar-refractivity contribution in [2.24, 2.45) is 0 Å². The minimum absolute atomic E-state index is 0.541. The molecule has 200 valence electrons. The molecule has 0 aliphatic rings. The first-order chi connectivity index (χ1) is 21.3. The average molecular weight is 548 g/mol. The van der Waals surface area contributed by atoms with Gasteiger partial charge in [0.05, 0.1) is 17.6 Å². The Labute approximate surface area is 249 Å². The van der Waals surface area contributed by atoms with E-state index < -0.39 is 0 Å². The fourth-order valence-corrected chi connectivity index (χ4v) is 6.29. The normalized spacial score (nSPS) is 11.2. The predicted octanol–water partition coefficient (Wildman–Crippen LogP) is 10.9. The van der Waals surface area contributed by atoms with Crippen molar-refractivity contribution in [2.75, 3.05) is 0 Å². The van der Waals surface area contributed by atoms with E-state index in [2.05, 4.69) is 148 Å². The Morgan fingerprint density at radius 3 is 1.95 bits per heavy atom. The van der Waals surface area contributed by atoms with Crippen molar-refractivity contribution in [2.45, 2.75) is 0 Å². The number of pyridine rings is 1. The summed E-state index contributed by atoms with van der Waals surface area (Å²) >= 11 is 0. The molecule has 2 heterocycles. The van der Waals surface area contributed by atoms with Gasteiger partial charge in [-0.3, -0.25) is 4.98 Å². The van der Waals surface area contributed by atoms with E-state index in [4.69, 9.17) is 6.57 Å². The third-order valence-electron chi connectivity index (χ3n) is 8.25. The summed E-state index contributed by atoms with van der Waals surface area (Å²) in [4.78, 5) is 7.84. The fourth-order valence-electron chi connectivity index (χ4n) is 6.29. The lowest BCUT2D eigenvalue weighted by Crippen LogP contribution is -1.94. The van der Waals surface area contributed by atoms with Crippen LogP contribution in [0.25, 0.3) is 76.5 Å². The lowest BCUT2D eigenvalue weighted by atomic mass is 9.94. The first kappa shape index (κ1) is 24.8. The third-order valence-corrected chi connectivity index (χ3v) is 8.25. The number of fused-ring (bicyclic) bond motifs is 5. The number of para-hydroxylation sites is 1. The van der Waals surface area contributed by atoms with Gasteiger partial charge in [0.1, 0.15) is 0 Å². The molecule has 0 bridgehead atoms. The molecule has 6 aromatic carbocycles. The largest absolute Gasteiger partial charge is 0.309 e. The summed E-state index contributed by atoms with van der Waals surface area (Å²) in [5.74, 6) is 0. The maximum Gasteiger partial charge on any atom is 0.205 e. The van der Waals surface area contributed by atoms with Gasteiger partial charge in [0.25, 0.3) is 0 Å². The van der Waals surface area contributed by atoms with E-state index in [0.717, 1.165) is 33.5 Å². The van der Waals surface area contributed by atoms with E-state index in [-0.39, 0.29) is 0 Å². The molecule has 0 unspecified atom stereocenters. The van der Waals surface area contributed by atoms with Gasteiger partial charge >= 0.3 is 0 Å². The lowest BCUT2D eigenvalue weighted by Gasteiger charge is -2.12. The standard InChI is InChI=1S/C40H25N3/c1-41-32-22-31(25-42-26-32)29-14-10-13-28(21-29)30-19-20-36-38(23-30)43(33-15-6-3-7-16-33)39-24-37(27-11-4-2-5-12-27)34-17-8-9-18-35(34)40(36)39/h2-26H. The van der Waals surface area contributed by atoms with Crippen LogP contribution in [0.5, 0.6) is 0 Å². The van der Waals surface area contributed by atoms with Crippen molar-refractivity contribution in [3.63, 3.8) is 0 Å². The molecule has 0 N–H and O–H groups in total. The topological polar surface area (TPSA) is 22.2 Å². The molecule has 0 atom stereocenters. The Hall–Kier alpha value is -5.98. The van der Waals surface area contributed by atoms with Crippen LogP contribution >= 0.6 is 0 Å². The number of rotatable bonds is 4. The van der Waals surface area contributed by atoms with Crippen LogP contribution in [0.2, 0.25) is 0 Å². The van der Waals surface area contributed by atoms with Crippen LogP contribution in [0.15, 0.2) is 152 Å². The number of aromatic nitrogens is 2. The van der Waals surface area contributed by atoms with Gasteiger partial charge in [-0.15, -0.1) is 0 Å². The van der Waals surface area contributed by atoms with Crippen LogP contribution in [0, 0.1) is 6.57 Å². The zero-order valence-electron chi connectivity index (χ0n) is 23.3. The Morgan fingerprint density at radius 1 is 0.488 bits per heavy atom. The van der Waals surface area contributed by atoms with Crippen molar-refractivity contribution < 1.29 is 0 Å². The monoisotopic (exact) mass is 547 g/mol. The van der Waals surface area contributed by atoms with Crippen LogP contribution in [0.3, 0.4) is 0 Å². The number of hydrogen-bond acceptors (Lipinski definition) is 1. The van der Waals surface area contributed by atoms with Crippen molar-refractivity contribution in [1.29, 1.82) is 0 Å². The summed E-state index contributed by atoms with van der Waals surface area (Å²) in [6.07, 6.45) is 3.42. The molecule has 0 aliphatic carbocycles. The number of hydrogen-bond donors (Lipinski definition) is 0. The Morgan fingerprint density at radius 2 is 1.16 bits per heavy atom. The maximum absolute atomic E-state index is 7.39. The van der Waals surface area contributed by atoms with E-state index in [0.29, 0.717) is 5.69 Å². The summed E-state index contributed by atoms with van der Waals surface area (Å²) in [5.41, 5.74) is 10.7.